The van der Waals surface area contributed by atoms with Gasteiger partial charge in [0.2, 0.25) is 0 Å². The molecule has 2 N–H and O–H groups in total. The molecule has 30 heavy (non-hydrogen) atoms. The van der Waals surface area contributed by atoms with Gasteiger partial charge in [-0.05, 0) is 31.0 Å². The van der Waals surface area contributed by atoms with E-state index in [-0.39, 0.29) is 11.7 Å². The Morgan fingerprint density at radius 1 is 1.07 bits per heavy atom. The van der Waals surface area contributed by atoms with Gasteiger partial charge in [-0.2, -0.15) is 0 Å². The number of non-ortho nitro benzene ring substituents is 1. The minimum atomic E-state index is -0.470. The molecule has 1 fully saturated rings. The molecule has 1 aliphatic heterocycles. The maximum atomic E-state index is 12.1. The summed E-state index contributed by atoms with van der Waals surface area (Å²) in [6, 6.07) is 14.6. The third kappa shape index (κ3) is 6.53. The molecule has 1 heterocycles. The molecule has 2 aromatic rings. The summed E-state index contributed by atoms with van der Waals surface area (Å²) in [7, 11) is 0. The lowest BCUT2D eigenvalue weighted by atomic mass is 10.2. The van der Waals surface area contributed by atoms with Gasteiger partial charge in [0.1, 0.15) is 0 Å². The van der Waals surface area contributed by atoms with Gasteiger partial charge in [-0.1, -0.05) is 36.4 Å². The Hall–Kier alpha value is -2.97. The summed E-state index contributed by atoms with van der Waals surface area (Å²) < 4.78 is 0. The first-order valence-electron chi connectivity index (χ1n) is 10.3. The fraction of sp³-hybridized carbons (Fsp3) is 0.409. The van der Waals surface area contributed by atoms with Crippen molar-refractivity contribution < 1.29 is 9.72 Å². The van der Waals surface area contributed by atoms with Gasteiger partial charge >= 0.3 is 6.03 Å². The second-order valence-electron chi connectivity index (χ2n) is 7.59. The van der Waals surface area contributed by atoms with Crippen molar-refractivity contribution in [2.24, 2.45) is 0 Å². The molecule has 3 rings (SSSR count). The van der Waals surface area contributed by atoms with Crippen LogP contribution in [-0.2, 0) is 6.54 Å². The van der Waals surface area contributed by atoms with E-state index in [0.717, 1.165) is 51.3 Å². The van der Waals surface area contributed by atoms with Crippen LogP contribution in [0.5, 0.6) is 0 Å². The zero-order valence-electron chi connectivity index (χ0n) is 17.3. The maximum absolute atomic E-state index is 12.1. The van der Waals surface area contributed by atoms with Gasteiger partial charge in [0.15, 0.2) is 0 Å². The molecule has 1 aliphatic rings. The number of amides is 2. The number of aryl methyl sites for hydroxylation is 1. The predicted molar refractivity (Wildman–Crippen MR) is 118 cm³/mol. The molecule has 0 aromatic heterocycles. The van der Waals surface area contributed by atoms with E-state index in [1.54, 1.807) is 13.0 Å². The SMILES string of the molecule is Cc1ccc([N+](=O)[O-])cc1NC(=O)NCCCN1CCN(Cc2ccccc2)CC1. The van der Waals surface area contributed by atoms with E-state index in [1.165, 1.54) is 17.7 Å². The van der Waals surface area contributed by atoms with Crippen molar-refractivity contribution in [2.45, 2.75) is 19.9 Å². The number of hydrogen-bond acceptors (Lipinski definition) is 5. The summed E-state index contributed by atoms with van der Waals surface area (Å²) in [6.07, 6.45) is 0.861. The minimum absolute atomic E-state index is 0.0395. The highest BCUT2D eigenvalue weighted by molar-refractivity contribution is 5.90. The fourth-order valence-electron chi connectivity index (χ4n) is 3.54. The zero-order valence-corrected chi connectivity index (χ0v) is 17.3. The molecule has 2 amide bonds. The predicted octanol–water partition coefficient (Wildman–Crippen LogP) is 3.23. The number of nitro benzene ring substituents is 1. The molecule has 0 aliphatic carbocycles. The Morgan fingerprint density at radius 2 is 1.77 bits per heavy atom. The van der Waals surface area contributed by atoms with Crippen LogP contribution in [0.1, 0.15) is 17.5 Å². The highest BCUT2D eigenvalue weighted by Crippen LogP contribution is 2.21. The Balaban J connectivity index is 1.32. The lowest BCUT2D eigenvalue weighted by molar-refractivity contribution is -0.384. The first-order chi connectivity index (χ1) is 14.5. The van der Waals surface area contributed by atoms with Gasteiger partial charge in [-0.15, -0.1) is 0 Å². The largest absolute Gasteiger partial charge is 0.338 e. The van der Waals surface area contributed by atoms with E-state index in [4.69, 9.17) is 0 Å². The average Bonchev–Trinajstić information content (AvgIpc) is 2.74. The van der Waals surface area contributed by atoms with Crippen LogP contribution >= 0.6 is 0 Å². The van der Waals surface area contributed by atoms with Crippen LogP contribution in [0.2, 0.25) is 0 Å². The van der Waals surface area contributed by atoms with Crippen molar-refractivity contribution in [1.29, 1.82) is 0 Å². The number of urea groups is 1. The van der Waals surface area contributed by atoms with Crippen LogP contribution in [0, 0.1) is 17.0 Å². The van der Waals surface area contributed by atoms with Gasteiger partial charge in [0.05, 0.1) is 10.6 Å². The lowest BCUT2D eigenvalue weighted by Gasteiger charge is -2.34. The molecule has 2 aromatic carbocycles. The molecule has 0 radical (unpaired) electrons. The Bertz CT molecular complexity index is 851. The minimum Gasteiger partial charge on any atom is -0.338 e. The van der Waals surface area contributed by atoms with Crippen molar-refractivity contribution in [3.05, 3.63) is 69.8 Å². The highest BCUT2D eigenvalue weighted by atomic mass is 16.6. The number of anilines is 1. The number of piperazine rings is 1. The van der Waals surface area contributed by atoms with E-state index in [0.29, 0.717) is 12.2 Å². The molecule has 0 unspecified atom stereocenters. The smallest absolute Gasteiger partial charge is 0.319 e. The number of nitrogens with one attached hydrogen (secondary N) is 2. The summed E-state index contributed by atoms with van der Waals surface area (Å²) in [4.78, 5) is 27.4. The van der Waals surface area contributed by atoms with E-state index in [1.807, 2.05) is 6.07 Å². The summed E-state index contributed by atoms with van der Waals surface area (Å²) in [6.45, 7) is 8.46. The van der Waals surface area contributed by atoms with Crippen molar-refractivity contribution >= 4 is 17.4 Å². The molecule has 8 nitrogen and oxygen atoms in total. The summed E-state index contributed by atoms with van der Waals surface area (Å²) in [5.41, 5.74) is 2.54. The third-order valence-electron chi connectivity index (χ3n) is 5.33. The van der Waals surface area contributed by atoms with Gasteiger partial charge < -0.3 is 15.5 Å². The van der Waals surface area contributed by atoms with Crippen molar-refractivity contribution in [3.8, 4) is 0 Å². The molecule has 0 spiro atoms. The zero-order chi connectivity index (χ0) is 21.3. The molecule has 0 saturated carbocycles. The summed E-state index contributed by atoms with van der Waals surface area (Å²) >= 11 is 0. The maximum Gasteiger partial charge on any atom is 0.319 e. The second-order valence-corrected chi connectivity index (χ2v) is 7.59. The standard InChI is InChI=1S/C22H29N5O3/c1-18-8-9-20(27(29)30)16-21(18)24-22(28)23-10-5-11-25-12-14-26(15-13-25)17-19-6-3-2-4-7-19/h2-4,6-9,16H,5,10-15,17H2,1H3,(H2,23,24,28). The quantitative estimate of drug-likeness (QED) is 0.395. The van der Waals surface area contributed by atoms with Crippen LogP contribution in [0.3, 0.4) is 0 Å². The third-order valence-corrected chi connectivity index (χ3v) is 5.33. The molecular formula is C22H29N5O3. The average molecular weight is 412 g/mol. The molecule has 1 saturated heterocycles. The van der Waals surface area contributed by atoms with E-state index < -0.39 is 4.92 Å². The van der Waals surface area contributed by atoms with Crippen molar-refractivity contribution in [1.82, 2.24) is 15.1 Å². The first-order valence-corrected chi connectivity index (χ1v) is 10.3. The highest BCUT2D eigenvalue weighted by Gasteiger charge is 2.16. The van der Waals surface area contributed by atoms with Crippen LogP contribution in [0.15, 0.2) is 48.5 Å². The topological polar surface area (TPSA) is 90.8 Å². The number of nitrogens with zero attached hydrogens (tertiary/aromatic N) is 3. The van der Waals surface area contributed by atoms with Gasteiger partial charge in [0, 0.05) is 51.4 Å². The van der Waals surface area contributed by atoms with E-state index >= 15 is 0 Å². The number of carbonyl (C=O) groups is 1. The number of hydrogen-bond donors (Lipinski definition) is 2. The lowest BCUT2D eigenvalue weighted by Crippen LogP contribution is -2.46. The Labute approximate surface area is 177 Å². The first kappa shape index (κ1) is 21.7. The summed E-state index contributed by atoms with van der Waals surface area (Å²) in [5, 5.41) is 16.4. The van der Waals surface area contributed by atoms with Gasteiger partial charge in [0.25, 0.3) is 5.69 Å². The second kappa shape index (κ2) is 10.7. The van der Waals surface area contributed by atoms with Crippen molar-refractivity contribution in [2.75, 3.05) is 44.6 Å². The molecule has 0 atom stereocenters. The number of carbonyl (C=O) groups excluding carboxylic acids is 1. The van der Waals surface area contributed by atoms with Gasteiger partial charge in [-0.3, -0.25) is 15.0 Å². The normalized spacial score (nSPS) is 15.0. The van der Waals surface area contributed by atoms with Gasteiger partial charge in [-0.25, -0.2) is 4.79 Å². The molecule has 8 heteroatoms. The van der Waals surface area contributed by atoms with Crippen molar-refractivity contribution in [3.63, 3.8) is 0 Å². The number of nitro groups is 1. The molecule has 0 bridgehead atoms. The Morgan fingerprint density at radius 3 is 2.47 bits per heavy atom. The number of rotatable bonds is 8. The summed E-state index contributed by atoms with van der Waals surface area (Å²) in [5.74, 6) is 0. The van der Waals surface area contributed by atoms with E-state index in [9.17, 15) is 14.9 Å². The van der Waals surface area contributed by atoms with E-state index in [2.05, 4.69) is 44.7 Å². The molecule has 160 valence electrons. The molecular weight excluding hydrogens is 382 g/mol. The van der Waals surface area contributed by atoms with Crippen LogP contribution in [0.25, 0.3) is 0 Å². The van der Waals surface area contributed by atoms with Crippen LogP contribution in [0.4, 0.5) is 16.2 Å². The monoisotopic (exact) mass is 411 g/mol. The number of benzene rings is 2. The van der Waals surface area contributed by atoms with Crippen LogP contribution in [-0.4, -0.2) is 60.0 Å². The Kier molecular flexibility index (Phi) is 7.75. The van der Waals surface area contributed by atoms with Crippen LogP contribution < -0.4 is 10.6 Å². The fourth-order valence-corrected chi connectivity index (χ4v) is 3.54.